The fraction of sp³-hybridized carbons (Fsp3) is 0.0500. The van der Waals surface area contributed by atoms with E-state index < -0.39 is 0 Å². The summed E-state index contributed by atoms with van der Waals surface area (Å²) in [4.78, 5) is 11.6. The Morgan fingerprint density at radius 2 is 1.19 bits per heavy atom. The number of rotatable bonds is 3. The van der Waals surface area contributed by atoms with Crippen LogP contribution in [0.15, 0.2) is 128 Å². The van der Waals surface area contributed by atoms with E-state index in [1.54, 1.807) is 0 Å². The van der Waals surface area contributed by atoms with Crippen molar-refractivity contribution in [2.24, 2.45) is 0 Å². The van der Waals surface area contributed by atoms with Crippen LogP contribution in [0.3, 0.4) is 0 Å². The minimum Gasteiger partial charge on any atom is -0.252 e. The second-order valence-corrected chi connectivity index (χ2v) is 12.3. The number of thiophene rings is 1. The van der Waals surface area contributed by atoms with Crippen molar-refractivity contribution in [1.29, 1.82) is 0 Å². The van der Waals surface area contributed by atoms with E-state index >= 15 is 0 Å². The first-order valence-corrected chi connectivity index (χ1v) is 15.6. The van der Waals surface area contributed by atoms with E-state index in [2.05, 4.69) is 127 Å². The minimum atomic E-state index is 0.882. The van der Waals surface area contributed by atoms with Crippen LogP contribution in [-0.2, 0) is 6.42 Å². The second kappa shape index (κ2) is 9.72. The molecular weight excluding hydrogens is 541 g/mol. The molecule has 0 radical (unpaired) electrons. The van der Waals surface area contributed by atoms with Crippen LogP contribution in [0.25, 0.3) is 82.3 Å². The van der Waals surface area contributed by atoms with Crippen LogP contribution in [0.2, 0.25) is 0 Å². The van der Waals surface area contributed by atoms with Gasteiger partial charge in [-0.1, -0.05) is 109 Å². The highest BCUT2D eigenvalue weighted by Gasteiger charge is 2.16. The number of nitrogens with zero attached hydrogens (tertiary/aromatic N) is 2. The molecule has 0 N–H and O–H groups in total. The van der Waals surface area contributed by atoms with Crippen molar-refractivity contribution in [3.05, 3.63) is 138 Å². The summed E-state index contributed by atoms with van der Waals surface area (Å²) < 4.78 is 1.39. The van der Waals surface area contributed by atoms with Gasteiger partial charge in [-0.25, -0.2) is 4.98 Å². The second-order valence-electron chi connectivity index (χ2n) is 11.3. The summed E-state index contributed by atoms with van der Waals surface area (Å²) in [5.41, 5.74) is 10.3. The van der Waals surface area contributed by atoms with Gasteiger partial charge < -0.3 is 0 Å². The molecule has 2 aromatic heterocycles. The maximum Gasteiger partial charge on any atom is 0.0979 e. The van der Waals surface area contributed by atoms with E-state index in [0.29, 0.717) is 0 Å². The monoisotopic (exact) mass is 566 g/mol. The lowest BCUT2D eigenvalue weighted by Gasteiger charge is -2.11. The molecule has 0 amide bonds. The number of aromatic nitrogens is 2. The lowest BCUT2D eigenvalue weighted by molar-refractivity contribution is 1.01. The molecule has 0 fully saturated rings. The average molecular weight is 567 g/mol. The first-order valence-electron chi connectivity index (χ1n) is 14.8. The molecule has 0 unspecified atom stereocenters. The first kappa shape index (κ1) is 24.5. The SMILES string of the molecule is C1=Cc2sc3c(-c4cccc(-c5cccc(-c6cnc7c8ccccc8c8ccccc8c7n6)c5)c4)cccc3c2CC1. The molecule has 3 heteroatoms. The van der Waals surface area contributed by atoms with Crippen LogP contribution in [0.5, 0.6) is 0 Å². The minimum absolute atomic E-state index is 0.882. The van der Waals surface area contributed by atoms with Crippen molar-refractivity contribution in [1.82, 2.24) is 9.97 Å². The molecule has 1 aliphatic carbocycles. The van der Waals surface area contributed by atoms with E-state index in [1.165, 1.54) is 53.6 Å². The highest BCUT2D eigenvalue weighted by Crippen LogP contribution is 2.42. The molecule has 8 aromatic rings. The highest BCUT2D eigenvalue weighted by molar-refractivity contribution is 7.20. The Morgan fingerprint density at radius 1 is 0.558 bits per heavy atom. The summed E-state index contributed by atoms with van der Waals surface area (Å²) in [6.07, 6.45) is 8.79. The molecule has 0 saturated heterocycles. The predicted octanol–water partition coefficient (Wildman–Crippen LogP) is 11.1. The van der Waals surface area contributed by atoms with E-state index in [4.69, 9.17) is 9.97 Å². The Balaban J connectivity index is 1.15. The Kier molecular flexibility index (Phi) is 5.53. The molecule has 6 aromatic carbocycles. The third-order valence-electron chi connectivity index (χ3n) is 8.77. The standard InChI is InChI=1S/C40H26N2S/c1-3-17-33-30(14-1)31-15-2-4-18-34(31)39-38(33)41-24-36(42-39)28-13-8-11-26(23-28)25-10-7-12-27(22-25)29-19-9-20-35-32-16-5-6-21-37(32)43-40(29)35/h1-4,6-15,17-24H,5,16H2. The van der Waals surface area contributed by atoms with Gasteiger partial charge in [-0.05, 0) is 75.0 Å². The fourth-order valence-corrected chi connectivity index (χ4v) is 8.03. The van der Waals surface area contributed by atoms with Crippen molar-refractivity contribution < 1.29 is 0 Å². The Bertz CT molecular complexity index is 2380. The summed E-state index contributed by atoms with van der Waals surface area (Å²) in [6, 6.07) is 41.4. The Labute approximate surface area is 253 Å². The predicted molar refractivity (Wildman–Crippen MR) is 184 cm³/mol. The molecule has 2 nitrogen and oxygen atoms in total. The largest absolute Gasteiger partial charge is 0.252 e. The molecule has 1 aliphatic rings. The normalized spacial score (nSPS) is 12.8. The first-order chi connectivity index (χ1) is 21.3. The Morgan fingerprint density at radius 3 is 1.98 bits per heavy atom. The molecular formula is C40H26N2S. The fourth-order valence-electron chi connectivity index (χ4n) is 6.71. The van der Waals surface area contributed by atoms with Gasteiger partial charge in [0.15, 0.2) is 0 Å². The van der Waals surface area contributed by atoms with Crippen molar-refractivity contribution in [2.45, 2.75) is 12.8 Å². The van der Waals surface area contributed by atoms with Crippen molar-refractivity contribution in [3.8, 4) is 33.5 Å². The summed E-state index contributed by atoms with van der Waals surface area (Å²) in [5, 5.41) is 6.10. The number of hydrogen-bond donors (Lipinski definition) is 0. The molecule has 43 heavy (non-hydrogen) atoms. The topological polar surface area (TPSA) is 25.8 Å². The summed E-state index contributed by atoms with van der Waals surface area (Å²) in [7, 11) is 0. The molecule has 2 heterocycles. The summed E-state index contributed by atoms with van der Waals surface area (Å²) in [6.45, 7) is 0. The van der Waals surface area contributed by atoms with Gasteiger partial charge in [0.05, 0.1) is 22.9 Å². The van der Waals surface area contributed by atoms with Crippen molar-refractivity contribution in [3.63, 3.8) is 0 Å². The maximum absolute atomic E-state index is 5.22. The van der Waals surface area contributed by atoms with Crippen molar-refractivity contribution >= 4 is 60.1 Å². The molecule has 0 bridgehead atoms. The van der Waals surface area contributed by atoms with Gasteiger partial charge in [0.25, 0.3) is 0 Å². The van der Waals surface area contributed by atoms with Gasteiger partial charge in [0, 0.05) is 25.9 Å². The van der Waals surface area contributed by atoms with Crippen LogP contribution in [0.1, 0.15) is 16.9 Å². The van der Waals surface area contributed by atoms with Gasteiger partial charge in [0.1, 0.15) is 0 Å². The zero-order chi connectivity index (χ0) is 28.3. The van der Waals surface area contributed by atoms with E-state index in [1.807, 2.05) is 17.5 Å². The van der Waals surface area contributed by atoms with E-state index in [0.717, 1.165) is 45.9 Å². The molecule has 9 rings (SSSR count). The average Bonchev–Trinajstić information content (AvgIpc) is 3.47. The lowest BCUT2D eigenvalue weighted by atomic mass is 9.95. The third kappa shape index (κ3) is 3.93. The summed E-state index contributed by atoms with van der Waals surface area (Å²) in [5.74, 6) is 0. The van der Waals surface area contributed by atoms with E-state index in [-0.39, 0.29) is 0 Å². The molecule has 0 spiro atoms. The van der Waals surface area contributed by atoms with Gasteiger partial charge in [-0.3, -0.25) is 4.98 Å². The lowest BCUT2D eigenvalue weighted by Crippen LogP contribution is -1.92. The highest BCUT2D eigenvalue weighted by atomic mass is 32.1. The van der Waals surface area contributed by atoms with Crippen LogP contribution >= 0.6 is 11.3 Å². The zero-order valence-electron chi connectivity index (χ0n) is 23.4. The third-order valence-corrected chi connectivity index (χ3v) is 10.0. The quantitative estimate of drug-likeness (QED) is 0.199. The summed E-state index contributed by atoms with van der Waals surface area (Å²) >= 11 is 1.92. The van der Waals surface area contributed by atoms with Gasteiger partial charge in [-0.15, -0.1) is 11.3 Å². The van der Waals surface area contributed by atoms with Crippen LogP contribution in [-0.4, -0.2) is 9.97 Å². The number of aryl methyl sites for hydroxylation is 1. The molecule has 202 valence electrons. The molecule has 0 aliphatic heterocycles. The van der Waals surface area contributed by atoms with Gasteiger partial charge >= 0.3 is 0 Å². The number of benzene rings is 6. The van der Waals surface area contributed by atoms with Crippen LogP contribution in [0, 0.1) is 0 Å². The smallest absolute Gasteiger partial charge is 0.0979 e. The van der Waals surface area contributed by atoms with Crippen LogP contribution < -0.4 is 0 Å². The zero-order valence-corrected chi connectivity index (χ0v) is 24.2. The van der Waals surface area contributed by atoms with Crippen LogP contribution in [0.4, 0.5) is 0 Å². The Hall–Kier alpha value is -5.12. The van der Waals surface area contributed by atoms with Crippen molar-refractivity contribution in [2.75, 3.05) is 0 Å². The number of hydrogen-bond acceptors (Lipinski definition) is 3. The number of allylic oxidation sites excluding steroid dienone is 1. The molecule has 0 saturated carbocycles. The van der Waals surface area contributed by atoms with Gasteiger partial charge in [-0.2, -0.15) is 0 Å². The maximum atomic E-state index is 5.22. The van der Waals surface area contributed by atoms with Gasteiger partial charge in [0.2, 0.25) is 0 Å². The molecule has 0 atom stereocenters. The number of fused-ring (bicyclic) bond motifs is 9. The van der Waals surface area contributed by atoms with E-state index in [9.17, 15) is 0 Å².